The summed E-state index contributed by atoms with van der Waals surface area (Å²) >= 11 is 0. The Kier molecular flexibility index (Phi) is 5.40. The second kappa shape index (κ2) is 8.12. The van der Waals surface area contributed by atoms with Gasteiger partial charge >= 0.3 is 0 Å². The minimum Gasteiger partial charge on any atom is -0.368 e. The zero-order valence-electron chi connectivity index (χ0n) is 15.9. The summed E-state index contributed by atoms with van der Waals surface area (Å²) in [6.45, 7) is 2.04. The highest BCUT2D eigenvalue weighted by Crippen LogP contribution is 2.29. The number of aromatic nitrogens is 2. The summed E-state index contributed by atoms with van der Waals surface area (Å²) in [6, 6.07) is 7.16. The van der Waals surface area contributed by atoms with Crippen LogP contribution in [0.4, 0.5) is 11.4 Å². The summed E-state index contributed by atoms with van der Waals surface area (Å²) in [5.74, 6) is -0.178. The van der Waals surface area contributed by atoms with Gasteiger partial charge in [0.05, 0.1) is 12.1 Å². The van der Waals surface area contributed by atoms with Crippen molar-refractivity contribution in [3.05, 3.63) is 42.2 Å². The molecule has 2 aliphatic heterocycles. The van der Waals surface area contributed by atoms with Crippen molar-refractivity contribution in [2.45, 2.75) is 24.9 Å². The van der Waals surface area contributed by atoms with E-state index in [4.69, 9.17) is 4.74 Å². The minimum absolute atomic E-state index is 0.0185. The Hall–Kier alpha value is -2.71. The van der Waals surface area contributed by atoms with Crippen LogP contribution in [0.3, 0.4) is 0 Å². The topological polar surface area (TPSA) is 97.3 Å². The Morgan fingerprint density at radius 3 is 2.46 bits per heavy atom. The molecule has 1 aromatic carbocycles. The molecular weight excluding hydrogens is 358 g/mol. The van der Waals surface area contributed by atoms with Crippen LogP contribution in [0, 0.1) is 5.92 Å². The molecule has 0 saturated carbocycles. The first-order valence-corrected chi connectivity index (χ1v) is 9.63. The number of carbonyl (C=O) groups excluding carboxylic acids is 2. The molecule has 8 heteroatoms. The van der Waals surface area contributed by atoms with Crippen LogP contribution < -0.4 is 16.0 Å². The largest absolute Gasteiger partial charge is 0.368 e. The highest BCUT2D eigenvalue weighted by molar-refractivity contribution is 5.96. The lowest BCUT2D eigenvalue weighted by Gasteiger charge is -2.17. The van der Waals surface area contributed by atoms with Gasteiger partial charge in [-0.15, -0.1) is 0 Å². The van der Waals surface area contributed by atoms with Gasteiger partial charge in [0.15, 0.2) is 0 Å². The van der Waals surface area contributed by atoms with E-state index in [1.165, 1.54) is 0 Å². The number of amides is 2. The van der Waals surface area contributed by atoms with E-state index in [-0.39, 0.29) is 29.8 Å². The van der Waals surface area contributed by atoms with E-state index in [0.717, 1.165) is 24.9 Å². The van der Waals surface area contributed by atoms with Gasteiger partial charge in [-0.05, 0) is 42.7 Å². The lowest BCUT2D eigenvalue weighted by Crippen LogP contribution is -2.28. The second-order valence-corrected chi connectivity index (χ2v) is 7.38. The van der Waals surface area contributed by atoms with Crippen LogP contribution in [0.15, 0.2) is 36.7 Å². The number of rotatable bonds is 5. The second-order valence-electron chi connectivity index (χ2n) is 7.38. The minimum atomic E-state index is -0.362. The Balaban J connectivity index is 1.35. The van der Waals surface area contributed by atoms with Crippen LogP contribution >= 0.6 is 0 Å². The van der Waals surface area contributed by atoms with Crippen molar-refractivity contribution in [2.75, 3.05) is 30.3 Å². The van der Waals surface area contributed by atoms with Crippen molar-refractivity contribution < 1.29 is 14.3 Å². The summed E-state index contributed by atoms with van der Waals surface area (Å²) < 4.78 is 7.14. The quantitative estimate of drug-likeness (QED) is 0.727. The number of carbonyl (C=O) groups is 2. The molecule has 0 radical (unpaired) electrons. The van der Waals surface area contributed by atoms with Crippen molar-refractivity contribution in [3.8, 4) is 0 Å². The fourth-order valence-corrected chi connectivity index (χ4v) is 3.82. The first-order chi connectivity index (χ1) is 13.6. The third kappa shape index (κ3) is 4.07. The number of benzene rings is 1. The molecular formula is C20H25N5O3. The summed E-state index contributed by atoms with van der Waals surface area (Å²) in [6.07, 6.45) is 5.10. The van der Waals surface area contributed by atoms with Crippen LogP contribution in [-0.2, 0) is 21.4 Å². The predicted octanol–water partition coefficient (Wildman–Crippen LogP) is 1.48. The number of hydrogen-bond donors (Lipinski definition) is 3. The highest BCUT2D eigenvalue weighted by atomic mass is 16.5. The Bertz CT molecular complexity index is 842. The molecule has 1 aromatic heterocycles. The Morgan fingerprint density at radius 1 is 1.14 bits per heavy atom. The lowest BCUT2D eigenvalue weighted by atomic mass is 9.90. The summed E-state index contributed by atoms with van der Waals surface area (Å²) in [5, 5.41) is 13.3. The van der Waals surface area contributed by atoms with E-state index in [0.29, 0.717) is 24.5 Å². The van der Waals surface area contributed by atoms with Crippen molar-refractivity contribution in [1.82, 2.24) is 15.1 Å². The first-order valence-electron chi connectivity index (χ1n) is 9.63. The van der Waals surface area contributed by atoms with E-state index in [9.17, 15) is 9.59 Å². The Morgan fingerprint density at radius 2 is 1.86 bits per heavy atom. The molecule has 3 atom stereocenters. The molecule has 148 valence electrons. The maximum absolute atomic E-state index is 12.8. The zero-order chi connectivity index (χ0) is 19.5. The molecule has 0 bridgehead atoms. The fraction of sp³-hybridized carbons (Fsp3) is 0.450. The first kappa shape index (κ1) is 18.6. The fourth-order valence-electron chi connectivity index (χ4n) is 3.82. The normalized spacial score (nSPS) is 24.2. The molecule has 2 saturated heterocycles. The third-order valence-corrected chi connectivity index (χ3v) is 5.35. The lowest BCUT2D eigenvalue weighted by molar-refractivity contribution is -0.124. The summed E-state index contributed by atoms with van der Waals surface area (Å²) in [5.41, 5.74) is 2.46. The number of hydrogen-bond acceptors (Lipinski definition) is 5. The van der Waals surface area contributed by atoms with Gasteiger partial charge in [0, 0.05) is 50.2 Å². The smallest absolute Gasteiger partial charge is 0.253 e. The summed E-state index contributed by atoms with van der Waals surface area (Å²) in [4.78, 5) is 24.9. The Labute approximate surface area is 163 Å². The predicted molar refractivity (Wildman–Crippen MR) is 105 cm³/mol. The third-order valence-electron chi connectivity index (χ3n) is 5.35. The van der Waals surface area contributed by atoms with Gasteiger partial charge in [0.25, 0.3) is 5.91 Å². The van der Waals surface area contributed by atoms with E-state index in [2.05, 4.69) is 21.0 Å². The van der Waals surface area contributed by atoms with Gasteiger partial charge in [-0.2, -0.15) is 5.10 Å². The zero-order valence-corrected chi connectivity index (χ0v) is 15.9. The summed E-state index contributed by atoms with van der Waals surface area (Å²) in [7, 11) is 1.88. The van der Waals surface area contributed by atoms with Gasteiger partial charge in [-0.25, -0.2) is 0 Å². The molecule has 0 spiro atoms. The van der Waals surface area contributed by atoms with Gasteiger partial charge in [-0.3, -0.25) is 14.3 Å². The molecule has 2 aromatic rings. The number of nitrogens with zero attached hydrogens (tertiary/aromatic N) is 2. The molecule has 3 heterocycles. The van der Waals surface area contributed by atoms with Crippen LogP contribution in [0.2, 0.25) is 0 Å². The van der Waals surface area contributed by atoms with E-state index in [1.54, 1.807) is 28.9 Å². The SMILES string of the molecule is Cn1cc([C@H]2CNC[C@@H]2C(=O)Nc2ccc(NC(=O)C3CCCO3)cc2)cn1. The van der Waals surface area contributed by atoms with E-state index in [1.807, 2.05) is 19.4 Å². The molecule has 2 aliphatic rings. The van der Waals surface area contributed by atoms with Crippen LogP contribution in [0.1, 0.15) is 24.3 Å². The molecule has 4 rings (SSSR count). The average Bonchev–Trinajstić information content (AvgIpc) is 3.44. The van der Waals surface area contributed by atoms with Crippen LogP contribution in [-0.4, -0.2) is 47.4 Å². The average molecular weight is 383 g/mol. The molecule has 8 nitrogen and oxygen atoms in total. The van der Waals surface area contributed by atoms with Crippen molar-refractivity contribution in [1.29, 1.82) is 0 Å². The number of anilines is 2. The van der Waals surface area contributed by atoms with Gasteiger partial charge in [0.1, 0.15) is 6.10 Å². The number of aryl methyl sites for hydroxylation is 1. The van der Waals surface area contributed by atoms with Crippen LogP contribution in [0.25, 0.3) is 0 Å². The molecule has 2 amide bonds. The van der Waals surface area contributed by atoms with E-state index >= 15 is 0 Å². The molecule has 3 N–H and O–H groups in total. The standard InChI is InChI=1S/C20H25N5O3/c1-25-12-13(9-22-25)16-10-21-11-17(16)19(26)23-14-4-6-15(7-5-14)24-20(27)18-3-2-8-28-18/h4-7,9,12,16-18,21H,2-3,8,10-11H2,1H3,(H,23,26)(H,24,27)/t16-,17+,18?/m1/s1. The van der Waals surface area contributed by atoms with Crippen molar-refractivity contribution >= 4 is 23.2 Å². The molecule has 2 fully saturated rings. The van der Waals surface area contributed by atoms with Crippen molar-refractivity contribution in [2.24, 2.45) is 13.0 Å². The maximum atomic E-state index is 12.8. The monoisotopic (exact) mass is 383 g/mol. The van der Waals surface area contributed by atoms with Gasteiger partial charge in [-0.1, -0.05) is 0 Å². The van der Waals surface area contributed by atoms with E-state index < -0.39 is 0 Å². The highest BCUT2D eigenvalue weighted by Gasteiger charge is 2.34. The number of ether oxygens (including phenoxy) is 1. The number of nitrogens with one attached hydrogen (secondary N) is 3. The maximum Gasteiger partial charge on any atom is 0.253 e. The molecule has 1 unspecified atom stereocenters. The molecule has 0 aliphatic carbocycles. The van der Waals surface area contributed by atoms with Crippen LogP contribution in [0.5, 0.6) is 0 Å². The van der Waals surface area contributed by atoms with Gasteiger partial charge < -0.3 is 20.7 Å². The molecule has 28 heavy (non-hydrogen) atoms. The van der Waals surface area contributed by atoms with Gasteiger partial charge in [0.2, 0.25) is 5.91 Å². The van der Waals surface area contributed by atoms with Crippen molar-refractivity contribution in [3.63, 3.8) is 0 Å².